The van der Waals surface area contributed by atoms with Gasteiger partial charge in [0, 0.05) is 5.69 Å². The van der Waals surface area contributed by atoms with Crippen LogP contribution in [0.2, 0.25) is 0 Å². The minimum absolute atomic E-state index is 0.249. The van der Waals surface area contributed by atoms with Gasteiger partial charge in [0.15, 0.2) is 0 Å². The lowest BCUT2D eigenvalue weighted by atomic mass is 10.1. The molecule has 2 aromatic carbocycles. The molecule has 0 aromatic heterocycles. The van der Waals surface area contributed by atoms with Crippen molar-refractivity contribution in [1.29, 1.82) is 0 Å². The molecule has 21 heavy (non-hydrogen) atoms. The fourth-order valence-corrected chi connectivity index (χ4v) is 2.20. The van der Waals surface area contributed by atoms with Crippen LogP contribution < -0.4 is 11.1 Å². The lowest BCUT2D eigenvalue weighted by Gasteiger charge is -2.15. The summed E-state index contributed by atoms with van der Waals surface area (Å²) in [7, 11) is 0. The molecule has 5 heteroatoms. The highest BCUT2D eigenvalue weighted by molar-refractivity contribution is 6.00. The predicted molar refractivity (Wildman–Crippen MR) is 81.5 cm³/mol. The molecular formula is C16H17FN2O2. The summed E-state index contributed by atoms with van der Waals surface area (Å²) in [5, 5.41) is 12.3. The number of nitrogens with one attached hydrogen (secondary N) is 1. The highest BCUT2D eigenvalue weighted by Crippen LogP contribution is 2.29. The number of anilines is 3. The molecule has 0 unspecified atom stereocenters. The van der Waals surface area contributed by atoms with Crippen molar-refractivity contribution in [2.45, 2.75) is 19.8 Å². The van der Waals surface area contributed by atoms with Gasteiger partial charge in [-0.3, -0.25) is 0 Å². The molecule has 4 N–H and O–H groups in total. The van der Waals surface area contributed by atoms with Gasteiger partial charge in [-0.2, -0.15) is 0 Å². The van der Waals surface area contributed by atoms with Crippen molar-refractivity contribution < 1.29 is 14.3 Å². The number of benzene rings is 2. The predicted octanol–water partition coefficient (Wildman–Crippen LogP) is 3.80. The summed E-state index contributed by atoms with van der Waals surface area (Å²) in [5.74, 6) is -2.00. The molecule has 0 spiro atoms. The van der Waals surface area contributed by atoms with E-state index in [0.717, 1.165) is 30.2 Å². The number of aryl methyl sites for hydroxylation is 1. The Morgan fingerprint density at radius 3 is 2.62 bits per heavy atom. The second kappa shape index (κ2) is 6.26. The summed E-state index contributed by atoms with van der Waals surface area (Å²) in [4.78, 5) is 11.3. The number of carboxylic acids is 1. The molecule has 0 amide bonds. The van der Waals surface area contributed by atoms with Crippen molar-refractivity contribution in [3.63, 3.8) is 0 Å². The zero-order chi connectivity index (χ0) is 15.4. The van der Waals surface area contributed by atoms with E-state index in [-0.39, 0.29) is 16.9 Å². The second-order valence-electron chi connectivity index (χ2n) is 4.72. The molecule has 0 saturated carbocycles. The lowest BCUT2D eigenvalue weighted by molar-refractivity contribution is 0.0698. The molecule has 0 fully saturated rings. The van der Waals surface area contributed by atoms with Crippen LogP contribution in [0.1, 0.15) is 29.3 Å². The molecule has 4 nitrogen and oxygen atoms in total. The van der Waals surface area contributed by atoms with E-state index < -0.39 is 11.8 Å². The molecule has 0 aliphatic heterocycles. The molecule has 0 heterocycles. The number of nitrogen functional groups attached to an aromatic ring is 1. The van der Waals surface area contributed by atoms with Gasteiger partial charge in [0.05, 0.1) is 11.4 Å². The highest BCUT2D eigenvalue weighted by atomic mass is 19.1. The standard InChI is InChI=1S/C16H17FN2O2/c1-2-5-10-6-3-4-7-12(10)19-13-9-8-11(17)15(18)14(13)16(20)21/h3-4,6-9,19H,2,5,18H2,1H3,(H,20,21). The van der Waals surface area contributed by atoms with Crippen molar-refractivity contribution in [2.24, 2.45) is 0 Å². The summed E-state index contributed by atoms with van der Waals surface area (Å²) in [6, 6.07) is 10.2. The van der Waals surface area contributed by atoms with Crippen LogP contribution >= 0.6 is 0 Å². The maximum Gasteiger partial charge on any atom is 0.340 e. The van der Waals surface area contributed by atoms with E-state index in [1.54, 1.807) is 0 Å². The number of rotatable bonds is 5. The number of hydrogen-bond donors (Lipinski definition) is 3. The maximum atomic E-state index is 13.4. The van der Waals surface area contributed by atoms with Gasteiger partial charge in [0.2, 0.25) is 0 Å². The number of halogens is 1. The Labute approximate surface area is 122 Å². The number of hydrogen-bond acceptors (Lipinski definition) is 3. The van der Waals surface area contributed by atoms with Crippen molar-refractivity contribution in [3.05, 3.63) is 53.3 Å². The van der Waals surface area contributed by atoms with Crippen molar-refractivity contribution in [1.82, 2.24) is 0 Å². The van der Waals surface area contributed by atoms with E-state index in [0.29, 0.717) is 0 Å². The van der Waals surface area contributed by atoms with Gasteiger partial charge in [-0.25, -0.2) is 9.18 Å². The summed E-state index contributed by atoms with van der Waals surface area (Å²) in [6.07, 6.45) is 1.83. The van der Waals surface area contributed by atoms with Crippen molar-refractivity contribution in [2.75, 3.05) is 11.1 Å². The third-order valence-corrected chi connectivity index (χ3v) is 3.21. The molecule has 0 atom stereocenters. The quantitative estimate of drug-likeness (QED) is 0.731. The Balaban J connectivity index is 2.45. The van der Waals surface area contributed by atoms with E-state index in [9.17, 15) is 14.3 Å². The van der Waals surface area contributed by atoms with Gasteiger partial charge in [0.1, 0.15) is 11.4 Å². The monoisotopic (exact) mass is 288 g/mol. The molecule has 0 radical (unpaired) electrons. The molecule has 0 bridgehead atoms. The number of carbonyl (C=O) groups is 1. The average molecular weight is 288 g/mol. The first-order valence-corrected chi connectivity index (χ1v) is 6.70. The number of para-hydroxylation sites is 1. The number of nitrogens with two attached hydrogens (primary N) is 1. The van der Waals surface area contributed by atoms with Crippen LogP contribution in [0, 0.1) is 5.82 Å². The zero-order valence-electron chi connectivity index (χ0n) is 11.7. The van der Waals surface area contributed by atoms with E-state index >= 15 is 0 Å². The summed E-state index contributed by atoms with van der Waals surface area (Å²) < 4.78 is 13.4. The van der Waals surface area contributed by atoms with Crippen LogP contribution in [-0.2, 0) is 6.42 Å². The van der Waals surface area contributed by atoms with Crippen LogP contribution in [0.3, 0.4) is 0 Å². The van der Waals surface area contributed by atoms with Crippen molar-refractivity contribution >= 4 is 23.0 Å². The van der Waals surface area contributed by atoms with Gasteiger partial charge in [-0.15, -0.1) is 0 Å². The van der Waals surface area contributed by atoms with Gasteiger partial charge in [0.25, 0.3) is 0 Å². The molecule has 0 saturated heterocycles. The number of carboxylic acid groups (broad SMARTS) is 1. The first kappa shape index (κ1) is 14.8. The Morgan fingerprint density at radius 1 is 1.24 bits per heavy atom. The van der Waals surface area contributed by atoms with Crippen LogP contribution in [0.4, 0.5) is 21.5 Å². The minimum Gasteiger partial charge on any atom is -0.478 e. The van der Waals surface area contributed by atoms with Crippen LogP contribution in [0.15, 0.2) is 36.4 Å². The van der Waals surface area contributed by atoms with E-state index in [1.165, 1.54) is 6.07 Å². The third kappa shape index (κ3) is 3.13. The Hall–Kier alpha value is -2.56. The highest BCUT2D eigenvalue weighted by Gasteiger charge is 2.18. The van der Waals surface area contributed by atoms with Gasteiger partial charge in [-0.05, 0) is 30.2 Å². The SMILES string of the molecule is CCCc1ccccc1Nc1ccc(F)c(N)c1C(=O)O. The fraction of sp³-hybridized carbons (Fsp3) is 0.188. The smallest absolute Gasteiger partial charge is 0.340 e. The summed E-state index contributed by atoms with van der Waals surface area (Å²) >= 11 is 0. The van der Waals surface area contributed by atoms with Crippen LogP contribution in [0.25, 0.3) is 0 Å². The second-order valence-corrected chi connectivity index (χ2v) is 4.72. The minimum atomic E-state index is -1.26. The van der Waals surface area contributed by atoms with E-state index in [2.05, 4.69) is 12.2 Å². The fourth-order valence-electron chi connectivity index (χ4n) is 2.20. The molecule has 110 valence electrons. The van der Waals surface area contributed by atoms with Gasteiger partial charge in [-0.1, -0.05) is 31.5 Å². The zero-order valence-corrected chi connectivity index (χ0v) is 11.7. The first-order chi connectivity index (χ1) is 10.0. The van der Waals surface area contributed by atoms with Crippen molar-refractivity contribution in [3.8, 4) is 0 Å². The third-order valence-electron chi connectivity index (χ3n) is 3.21. The number of aromatic carboxylic acids is 1. The molecule has 0 aliphatic carbocycles. The van der Waals surface area contributed by atoms with Gasteiger partial charge < -0.3 is 16.2 Å². The van der Waals surface area contributed by atoms with Gasteiger partial charge >= 0.3 is 5.97 Å². The summed E-state index contributed by atoms with van der Waals surface area (Å²) in [5.41, 5.74) is 7.08. The Morgan fingerprint density at radius 2 is 1.95 bits per heavy atom. The molecular weight excluding hydrogens is 271 g/mol. The topological polar surface area (TPSA) is 75.3 Å². The largest absolute Gasteiger partial charge is 0.478 e. The first-order valence-electron chi connectivity index (χ1n) is 6.70. The van der Waals surface area contributed by atoms with E-state index in [1.807, 2.05) is 24.3 Å². The molecule has 0 aliphatic rings. The maximum absolute atomic E-state index is 13.4. The summed E-state index contributed by atoms with van der Waals surface area (Å²) in [6.45, 7) is 2.06. The van der Waals surface area contributed by atoms with E-state index in [4.69, 9.17) is 5.73 Å². The molecule has 2 aromatic rings. The lowest BCUT2D eigenvalue weighted by Crippen LogP contribution is -2.09. The van der Waals surface area contributed by atoms with Crippen LogP contribution in [0.5, 0.6) is 0 Å². The normalized spacial score (nSPS) is 10.4. The molecule has 2 rings (SSSR count). The average Bonchev–Trinajstić information content (AvgIpc) is 2.45. The Bertz CT molecular complexity index is 671. The Kier molecular flexibility index (Phi) is 4.42. The van der Waals surface area contributed by atoms with Crippen LogP contribution in [-0.4, -0.2) is 11.1 Å².